The summed E-state index contributed by atoms with van der Waals surface area (Å²) in [6.45, 7) is 7.50. The Hall–Kier alpha value is -1.14. The molecular weight excluding hydrogens is 368 g/mol. The van der Waals surface area contributed by atoms with Gasteiger partial charge >= 0.3 is 0 Å². The average molecular weight is 397 g/mol. The van der Waals surface area contributed by atoms with Gasteiger partial charge in [0.1, 0.15) is 5.82 Å². The summed E-state index contributed by atoms with van der Waals surface area (Å²) in [5, 5.41) is 3.15. The normalized spacial score (nSPS) is 17.4. The lowest BCUT2D eigenvalue weighted by molar-refractivity contribution is -0.133. The number of anilines is 1. The summed E-state index contributed by atoms with van der Waals surface area (Å²) in [6.07, 6.45) is 3.53. The van der Waals surface area contributed by atoms with Gasteiger partial charge in [-0.15, -0.1) is 0 Å². The molecule has 2 heterocycles. The Labute approximate surface area is 153 Å². The first-order valence-electron chi connectivity index (χ1n) is 8.62. The number of hydrogen-bond acceptors (Lipinski definition) is 4. The van der Waals surface area contributed by atoms with E-state index >= 15 is 0 Å². The van der Waals surface area contributed by atoms with E-state index in [1.54, 1.807) is 0 Å². The van der Waals surface area contributed by atoms with Crippen LogP contribution in [0.25, 0.3) is 0 Å². The number of hydrogen-bond donors (Lipinski definition) is 1. The van der Waals surface area contributed by atoms with Crippen molar-refractivity contribution in [1.29, 1.82) is 0 Å². The molecule has 2 rings (SSSR count). The quantitative estimate of drug-likeness (QED) is 0.802. The van der Waals surface area contributed by atoms with Crippen molar-refractivity contribution in [3.8, 4) is 0 Å². The predicted octanol–water partition coefficient (Wildman–Crippen LogP) is 2.76. The van der Waals surface area contributed by atoms with Gasteiger partial charge in [0, 0.05) is 36.8 Å². The van der Waals surface area contributed by atoms with E-state index in [1.165, 1.54) is 0 Å². The molecular formula is C18H29BrN4O. The van der Waals surface area contributed by atoms with Crippen LogP contribution < -0.4 is 10.2 Å². The number of rotatable bonds is 6. The molecule has 0 atom stereocenters. The minimum atomic E-state index is -0.301. The van der Waals surface area contributed by atoms with Gasteiger partial charge in [-0.2, -0.15) is 0 Å². The molecule has 1 saturated heterocycles. The Morgan fingerprint density at radius 2 is 2.04 bits per heavy atom. The summed E-state index contributed by atoms with van der Waals surface area (Å²) in [6, 6.07) is 4.04. The van der Waals surface area contributed by atoms with Crippen LogP contribution >= 0.6 is 15.9 Å². The van der Waals surface area contributed by atoms with Crippen LogP contribution in [0.2, 0.25) is 0 Å². The molecule has 0 unspecified atom stereocenters. The van der Waals surface area contributed by atoms with Gasteiger partial charge in [0.05, 0.1) is 5.41 Å². The van der Waals surface area contributed by atoms with Gasteiger partial charge in [0.25, 0.3) is 0 Å². The van der Waals surface area contributed by atoms with Gasteiger partial charge in [-0.25, -0.2) is 4.98 Å². The maximum atomic E-state index is 12.9. The lowest BCUT2D eigenvalue weighted by atomic mass is 9.76. The fourth-order valence-electron chi connectivity index (χ4n) is 3.27. The zero-order valence-corrected chi connectivity index (χ0v) is 16.8. The maximum Gasteiger partial charge on any atom is 0.227 e. The molecule has 1 fully saturated rings. The van der Waals surface area contributed by atoms with Crippen molar-refractivity contribution in [3.63, 3.8) is 0 Å². The molecule has 1 amide bonds. The van der Waals surface area contributed by atoms with Gasteiger partial charge in [0.2, 0.25) is 5.91 Å². The second-order valence-corrected chi connectivity index (χ2v) is 8.36. The standard InChI is InChI=1S/C18H29BrN4O/c1-14(2)11-21-17(24)18(13-22(3)4)7-9-23(10-8-18)16-6-5-15(19)12-20-16/h5-6,12,14H,7-11,13H2,1-4H3,(H,21,24). The lowest BCUT2D eigenvalue weighted by Gasteiger charge is -2.42. The highest BCUT2D eigenvalue weighted by Gasteiger charge is 2.41. The number of nitrogens with zero attached hydrogens (tertiary/aromatic N) is 3. The number of pyridine rings is 1. The smallest absolute Gasteiger partial charge is 0.227 e. The second-order valence-electron chi connectivity index (χ2n) is 7.44. The zero-order chi connectivity index (χ0) is 17.7. The van der Waals surface area contributed by atoms with Crippen LogP contribution in [0.3, 0.4) is 0 Å². The third-order valence-electron chi connectivity index (χ3n) is 4.53. The van der Waals surface area contributed by atoms with Crippen molar-refractivity contribution in [2.45, 2.75) is 26.7 Å². The van der Waals surface area contributed by atoms with E-state index < -0.39 is 0 Å². The molecule has 0 saturated carbocycles. The second kappa shape index (κ2) is 8.30. The summed E-state index contributed by atoms with van der Waals surface area (Å²) >= 11 is 3.42. The molecule has 1 aliphatic heterocycles. The molecule has 0 aromatic carbocycles. The van der Waals surface area contributed by atoms with Gasteiger partial charge in [0.15, 0.2) is 0 Å². The number of nitrogens with one attached hydrogen (secondary N) is 1. The van der Waals surface area contributed by atoms with E-state index in [0.29, 0.717) is 5.92 Å². The molecule has 24 heavy (non-hydrogen) atoms. The van der Waals surface area contributed by atoms with E-state index in [2.05, 4.69) is 49.9 Å². The van der Waals surface area contributed by atoms with Crippen LogP contribution in [0.15, 0.2) is 22.8 Å². The van der Waals surface area contributed by atoms with Gasteiger partial charge in [-0.3, -0.25) is 4.79 Å². The molecule has 1 aromatic rings. The molecule has 0 spiro atoms. The van der Waals surface area contributed by atoms with Gasteiger partial charge < -0.3 is 15.1 Å². The first-order chi connectivity index (χ1) is 11.3. The highest BCUT2D eigenvalue weighted by atomic mass is 79.9. The third-order valence-corrected chi connectivity index (χ3v) is 5.00. The van der Waals surface area contributed by atoms with E-state index in [4.69, 9.17) is 0 Å². The number of piperidine rings is 1. The van der Waals surface area contributed by atoms with Crippen LogP contribution in [-0.2, 0) is 4.79 Å². The Balaban J connectivity index is 2.06. The van der Waals surface area contributed by atoms with Crippen LogP contribution in [0.4, 0.5) is 5.82 Å². The number of aromatic nitrogens is 1. The van der Waals surface area contributed by atoms with E-state index in [9.17, 15) is 4.79 Å². The first kappa shape index (κ1) is 19.2. The summed E-state index contributed by atoms with van der Waals surface area (Å²) in [5.74, 6) is 1.66. The van der Waals surface area contributed by atoms with Crippen LogP contribution in [0.1, 0.15) is 26.7 Å². The van der Waals surface area contributed by atoms with Crippen molar-refractivity contribution in [1.82, 2.24) is 15.2 Å². The van der Waals surface area contributed by atoms with Crippen LogP contribution in [0.5, 0.6) is 0 Å². The highest BCUT2D eigenvalue weighted by Crippen LogP contribution is 2.34. The molecule has 134 valence electrons. The van der Waals surface area contributed by atoms with Crippen molar-refractivity contribution in [3.05, 3.63) is 22.8 Å². The lowest BCUT2D eigenvalue weighted by Crippen LogP contribution is -2.53. The van der Waals surface area contributed by atoms with Crippen molar-refractivity contribution >= 4 is 27.7 Å². The Morgan fingerprint density at radius 1 is 1.38 bits per heavy atom. The van der Waals surface area contributed by atoms with Gasteiger partial charge in [-0.1, -0.05) is 13.8 Å². The molecule has 1 aliphatic rings. The number of carbonyl (C=O) groups is 1. The fourth-order valence-corrected chi connectivity index (χ4v) is 3.50. The summed E-state index contributed by atoms with van der Waals surface area (Å²) in [5.41, 5.74) is -0.301. The zero-order valence-electron chi connectivity index (χ0n) is 15.2. The molecule has 5 nitrogen and oxygen atoms in total. The first-order valence-corrected chi connectivity index (χ1v) is 9.41. The Bertz CT molecular complexity index is 536. The Morgan fingerprint density at radius 3 is 2.54 bits per heavy atom. The van der Waals surface area contributed by atoms with E-state index in [0.717, 1.165) is 49.3 Å². The average Bonchev–Trinajstić information content (AvgIpc) is 2.53. The van der Waals surface area contributed by atoms with Crippen LogP contribution in [-0.4, -0.2) is 56.1 Å². The Kier molecular flexibility index (Phi) is 6.63. The maximum absolute atomic E-state index is 12.9. The predicted molar refractivity (Wildman–Crippen MR) is 102 cm³/mol. The summed E-state index contributed by atoms with van der Waals surface area (Å²) < 4.78 is 0.985. The SMILES string of the molecule is CC(C)CNC(=O)C1(CN(C)C)CCN(c2ccc(Br)cn2)CC1. The van der Waals surface area contributed by atoms with Gasteiger partial charge in [-0.05, 0) is 60.9 Å². The van der Waals surface area contributed by atoms with Crippen molar-refractivity contribution in [2.24, 2.45) is 11.3 Å². The summed E-state index contributed by atoms with van der Waals surface area (Å²) in [4.78, 5) is 21.8. The van der Waals surface area contributed by atoms with Crippen molar-refractivity contribution in [2.75, 3.05) is 45.2 Å². The topological polar surface area (TPSA) is 48.5 Å². The fraction of sp³-hybridized carbons (Fsp3) is 0.667. The van der Waals surface area contributed by atoms with E-state index in [1.807, 2.05) is 32.4 Å². The molecule has 0 bridgehead atoms. The van der Waals surface area contributed by atoms with Crippen LogP contribution in [0, 0.1) is 11.3 Å². The largest absolute Gasteiger partial charge is 0.357 e. The monoisotopic (exact) mass is 396 g/mol. The molecule has 6 heteroatoms. The minimum absolute atomic E-state index is 0.202. The molecule has 0 aliphatic carbocycles. The number of amides is 1. The number of halogens is 1. The molecule has 1 aromatic heterocycles. The number of carbonyl (C=O) groups excluding carboxylic acids is 1. The molecule has 1 N–H and O–H groups in total. The highest BCUT2D eigenvalue weighted by molar-refractivity contribution is 9.10. The minimum Gasteiger partial charge on any atom is -0.357 e. The molecule has 0 radical (unpaired) electrons. The van der Waals surface area contributed by atoms with E-state index in [-0.39, 0.29) is 11.3 Å². The third kappa shape index (κ3) is 4.93. The van der Waals surface area contributed by atoms with Crippen molar-refractivity contribution < 1.29 is 4.79 Å². The summed E-state index contributed by atoms with van der Waals surface area (Å²) in [7, 11) is 4.08.